The van der Waals surface area contributed by atoms with Crippen LogP contribution in [-0.4, -0.2) is 5.78 Å². The molecule has 0 aromatic heterocycles. The Hall–Kier alpha value is -0.330. The summed E-state index contributed by atoms with van der Waals surface area (Å²) in [6.45, 7) is 13.3. The average molecular weight is 196 g/mol. The monoisotopic (exact) mass is 196 g/mol. The highest BCUT2D eigenvalue weighted by atomic mass is 16.1. The molecule has 2 atom stereocenters. The number of carbonyl (C=O) groups excluding carboxylic acids is 1. The molecule has 0 saturated heterocycles. The van der Waals surface area contributed by atoms with E-state index in [1.165, 1.54) is 0 Å². The molecule has 1 aliphatic carbocycles. The van der Waals surface area contributed by atoms with Crippen molar-refractivity contribution in [1.82, 2.24) is 0 Å². The zero-order valence-electron chi connectivity index (χ0n) is 10.5. The molecule has 82 valence electrons. The lowest BCUT2D eigenvalue weighted by atomic mass is 9.77. The second kappa shape index (κ2) is 3.36. The Morgan fingerprint density at radius 1 is 0.929 bits per heavy atom. The summed E-state index contributed by atoms with van der Waals surface area (Å²) in [5.41, 5.74) is 0.405. The molecule has 0 bridgehead atoms. The zero-order valence-corrected chi connectivity index (χ0v) is 10.5. The smallest absolute Gasteiger partial charge is 0.141 e. The van der Waals surface area contributed by atoms with E-state index in [9.17, 15) is 4.79 Å². The number of Topliss-reactive ketones (excluding diaryl/α,β-unsaturated/α-hetero) is 1. The van der Waals surface area contributed by atoms with E-state index in [0.717, 1.165) is 12.8 Å². The predicted molar refractivity (Wildman–Crippen MR) is 60.1 cm³/mol. The number of ketones is 1. The summed E-state index contributed by atoms with van der Waals surface area (Å²) < 4.78 is 0. The van der Waals surface area contributed by atoms with Gasteiger partial charge in [-0.2, -0.15) is 0 Å². The lowest BCUT2D eigenvalue weighted by Gasteiger charge is -2.27. The summed E-state index contributed by atoms with van der Waals surface area (Å²) in [5, 5.41) is 0. The molecule has 1 heteroatoms. The van der Waals surface area contributed by atoms with Gasteiger partial charge in [0.25, 0.3) is 0 Å². The van der Waals surface area contributed by atoms with E-state index in [2.05, 4.69) is 41.5 Å². The van der Waals surface area contributed by atoms with Crippen LogP contribution >= 0.6 is 0 Å². The minimum atomic E-state index is 0.203. The second-order valence-corrected chi connectivity index (χ2v) is 6.04. The molecule has 14 heavy (non-hydrogen) atoms. The van der Waals surface area contributed by atoms with E-state index in [4.69, 9.17) is 0 Å². The summed E-state index contributed by atoms with van der Waals surface area (Å²) in [6.07, 6.45) is 2.19. The zero-order chi connectivity index (χ0) is 11.1. The van der Waals surface area contributed by atoms with Crippen LogP contribution in [0.15, 0.2) is 0 Å². The first kappa shape index (κ1) is 11.7. The predicted octanol–water partition coefficient (Wildman–Crippen LogP) is 3.67. The van der Waals surface area contributed by atoms with Gasteiger partial charge in [0.15, 0.2) is 0 Å². The number of hydrogen-bond donors (Lipinski definition) is 0. The fourth-order valence-corrected chi connectivity index (χ4v) is 2.35. The maximum Gasteiger partial charge on any atom is 0.141 e. The van der Waals surface area contributed by atoms with Crippen molar-refractivity contribution in [2.45, 2.75) is 54.4 Å². The summed E-state index contributed by atoms with van der Waals surface area (Å²) in [7, 11) is 0. The van der Waals surface area contributed by atoms with Gasteiger partial charge in [-0.05, 0) is 10.8 Å². The molecule has 1 rings (SSSR count). The van der Waals surface area contributed by atoms with E-state index in [-0.39, 0.29) is 10.8 Å². The van der Waals surface area contributed by atoms with Crippen LogP contribution in [0.3, 0.4) is 0 Å². The largest absolute Gasteiger partial charge is 0.299 e. The Morgan fingerprint density at radius 3 is 1.43 bits per heavy atom. The normalized spacial score (nSPS) is 28.0. The van der Waals surface area contributed by atoms with E-state index >= 15 is 0 Å². The molecule has 0 radical (unpaired) electrons. The molecule has 0 N–H and O–H groups in total. The van der Waals surface area contributed by atoms with Gasteiger partial charge in [0, 0.05) is 11.8 Å². The third-order valence-corrected chi connectivity index (χ3v) is 4.34. The van der Waals surface area contributed by atoms with E-state index in [1.54, 1.807) is 0 Å². The van der Waals surface area contributed by atoms with E-state index < -0.39 is 0 Å². The van der Waals surface area contributed by atoms with Crippen molar-refractivity contribution in [3.05, 3.63) is 0 Å². The van der Waals surface area contributed by atoms with Crippen LogP contribution in [-0.2, 0) is 4.79 Å². The Morgan fingerprint density at radius 2 is 1.21 bits per heavy atom. The van der Waals surface area contributed by atoms with Gasteiger partial charge in [-0.1, -0.05) is 54.4 Å². The van der Waals surface area contributed by atoms with Crippen molar-refractivity contribution < 1.29 is 4.79 Å². The maximum absolute atomic E-state index is 11.8. The highest BCUT2D eigenvalue weighted by molar-refractivity contribution is 6.00. The molecular weight excluding hydrogens is 172 g/mol. The molecule has 0 heterocycles. The second-order valence-electron chi connectivity index (χ2n) is 6.04. The molecule has 0 amide bonds. The van der Waals surface area contributed by atoms with Crippen molar-refractivity contribution in [2.75, 3.05) is 0 Å². The van der Waals surface area contributed by atoms with Crippen LogP contribution in [0, 0.1) is 22.7 Å². The van der Waals surface area contributed by atoms with Gasteiger partial charge < -0.3 is 0 Å². The Bertz CT molecular complexity index is 214. The van der Waals surface area contributed by atoms with Gasteiger partial charge in [-0.15, -0.1) is 0 Å². The molecule has 0 aromatic carbocycles. The molecule has 0 spiro atoms. The van der Waals surface area contributed by atoms with Crippen LogP contribution in [0.4, 0.5) is 0 Å². The molecule has 0 aliphatic heterocycles. The Labute approximate surface area is 88.3 Å². The highest BCUT2D eigenvalue weighted by Gasteiger charge is 2.61. The molecule has 1 nitrogen and oxygen atoms in total. The number of carbonyl (C=O) groups is 1. The molecule has 1 aliphatic rings. The molecule has 0 aromatic rings. The van der Waals surface area contributed by atoms with Crippen LogP contribution in [0.2, 0.25) is 0 Å². The van der Waals surface area contributed by atoms with Gasteiger partial charge >= 0.3 is 0 Å². The minimum Gasteiger partial charge on any atom is -0.299 e. The van der Waals surface area contributed by atoms with Crippen LogP contribution in [0.1, 0.15) is 54.4 Å². The van der Waals surface area contributed by atoms with E-state index in [0.29, 0.717) is 17.6 Å². The molecule has 1 fully saturated rings. The fourth-order valence-electron chi connectivity index (χ4n) is 2.35. The summed E-state index contributed by atoms with van der Waals surface area (Å²) >= 11 is 0. The highest BCUT2D eigenvalue weighted by Crippen LogP contribution is 2.57. The SMILES string of the molecule is CCC(C)(C)[C@@H]1C(=O)[C@H]1C(C)(C)CC. The first-order chi connectivity index (χ1) is 6.28. The standard InChI is InChI=1S/C13H24O/c1-7-12(3,4)9-10(11(9)14)13(5,6)8-2/h9-10H,7-8H2,1-6H3/t9-,10-/m0/s1. The van der Waals surface area contributed by atoms with Crippen LogP contribution < -0.4 is 0 Å². The first-order valence-electron chi connectivity index (χ1n) is 5.81. The molecule has 0 unspecified atom stereocenters. The maximum atomic E-state index is 11.8. The van der Waals surface area contributed by atoms with Crippen molar-refractivity contribution in [3.8, 4) is 0 Å². The summed E-state index contributed by atoms with van der Waals surface area (Å²) in [6, 6.07) is 0. The third kappa shape index (κ3) is 1.74. The summed E-state index contributed by atoms with van der Waals surface area (Å²) in [4.78, 5) is 11.8. The minimum absolute atomic E-state index is 0.203. The Kier molecular flexibility index (Phi) is 2.82. The van der Waals surface area contributed by atoms with Gasteiger partial charge in [0.1, 0.15) is 5.78 Å². The van der Waals surface area contributed by atoms with E-state index in [1.807, 2.05) is 0 Å². The van der Waals surface area contributed by atoms with Gasteiger partial charge in [-0.3, -0.25) is 4.79 Å². The fraction of sp³-hybridized carbons (Fsp3) is 0.923. The lowest BCUT2D eigenvalue weighted by Crippen LogP contribution is -2.20. The Balaban J connectivity index is 2.77. The van der Waals surface area contributed by atoms with Crippen molar-refractivity contribution in [2.24, 2.45) is 22.7 Å². The van der Waals surface area contributed by atoms with Crippen molar-refractivity contribution >= 4 is 5.78 Å². The van der Waals surface area contributed by atoms with Crippen molar-refractivity contribution in [3.63, 3.8) is 0 Å². The quantitative estimate of drug-likeness (QED) is 0.670. The number of rotatable bonds is 4. The van der Waals surface area contributed by atoms with Gasteiger partial charge in [0.2, 0.25) is 0 Å². The first-order valence-corrected chi connectivity index (χ1v) is 5.81. The molecular formula is C13H24O. The van der Waals surface area contributed by atoms with Gasteiger partial charge in [-0.25, -0.2) is 0 Å². The van der Waals surface area contributed by atoms with Crippen LogP contribution in [0.25, 0.3) is 0 Å². The lowest BCUT2D eigenvalue weighted by molar-refractivity contribution is -0.113. The average Bonchev–Trinajstić information content (AvgIpc) is 2.79. The van der Waals surface area contributed by atoms with Gasteiger partial charge in [0.05, 0.1) is 0 Å². The molecule has 1 saturated carbocycles. The van der Waals surface area contributed by atoms with Crippen molar-refractivity contribution in [1.29, 1.82) is 0 Å². The number of hydrogen-bond acceptors (Lipinski definition) is 1. The third-order valence-electron chi connectivity index (χ3n) is 4.34. The topological polar surface area (TPSA) is 17.1 Å². The summed E-state index contributed by atoms with van der Waals surface area (Å²) in [5.74, 6) is 1.15. The van der Waals surface area contributed by atoms with Crippen LogP contribution in [0.5, 0.6) is 0 Å².